The molecule has 31 heavy (non-hydrogen) atoms. The first-order valence-electron chi connectivity index (χ1n) is 10.1. The molecule has 0 bridgehead atoms. The predicted octanol–water partition coefficient (Wildman–Crippen LogP) is 5.53. The van der Waals surface area contributed by atoms with Gasteiger partial charge >= 0.3 is 0 Å². The van der Waals surface area contributed by atoms with E-state index in [-0.39, 0.29) is 5.92 Å². The first-order chi connectivity index (χ1) is 15.1. The van der Waals surface area contributed by atoms with Crippen LogP contribution in [-0.4, -0.2) is 21.2 Å². The van der Waals surface area contributed by atoms with E-state index in [0.717, 1.165) is 33.7 Å². The van der Waals surface area contributed by atoms with E-state index in [1.165, 1.54) is 6.33 Å². The highest BCUT2D eigenvalue weighted by Crippen LogP contribution is 2.27. The van der Waals surface area contributed by atoms with Crippen LogP contribution in [0.1, 0.15) is 19.4 Å². The van der Waals surface area contributed by atoms with Crippen LogP contribution in [0.25, 0.3) is 10.9 Å². The van der Waals surface area contributed by atoms with Crippen LogP contribution >= 0.6 is 0 Å². The molecule has 3 aromatic carbocycles. The third-order valence-corrected chi connectivity index (χ3v) is 4.73. The molecule has 1 aromatic heterocycles. The number of aliphatic hydroxyl groups is 1. The minimum Gasteiger partial charge on any atom is -0.457 e. The smallest absolute Gasteiger partial charge is 0.141 e. The molecule has 1 heterocycles. The zero-order chi connectivity index (χ0) is 21.6. The Morgan fingerprint density at radius 3 is 2.39 bits per heavy atom. The number of hydrogen-bond acceptors (Lipinski definition) is 5. The second-order valence-electron chi connectivity index (χ2n) is 7.48. The minimum absolute atomic E-state index is 0.0855. The van der Waals surface area contributed by atoms with Gasteiger partial charge in [-0.3, -0.25) is 0 Å². The van der Waals surface area contributed by atoms with E-state index in [1.807, 2.05) is 86.6 Å². The number of fused-ring (bicyclic) bond motifs is 1. The van der Waals surface area contributed by atoms with Crippen LogP contribution in [0.15, 0.2) is 79.1 Å². The predicted molar refractivity (Wildman–Crippen MR) is 124 cm³/mol. The van der Waals surface area contributed by atoms with Crippen LogP contribution in [0.2, 0.25) is 0 Å². The molecule has 0 radical (unpaired) electrons. The largest absolute Gasteiger partial charge is 0.457 e. The minimum atomic E-state index is -0.656. The van der Waals surface area contributed by atoms with Crippen LogP contribution < -0.4 is 10.1 Å². The Bertz CT molecular complexity index is 1230. The molecule has 0 aliphatic heterocycles. The zero-order valence-electron chi connectivity index (χ0n) is 17.4. The van der Waals surface area contributed by atoms with Gasteiger partial charge in [0.2, 0.25) is 0 Å². The van der Waals surface area contributed by atoms with Crippen LogP contribution in [0.4, 0.5) is 11.5 Å². The number of aromatic nitrogens is 2. The average Bonchev–Trinajstić information content (AvgIpc) is 2.79. The first-order valence-corrected chi connectivity index (χ1v) is 10.1. The number of ether oxygens (including phenoxy) is 1. The number of para-hydroxylation sites is 1. The molecular weight excluding hydrogens is 386 g/mol. The highest BCUT2D eigenvalue weighted by Gasteiger charge is 2.07. The Hall–Kier alpha value is -3.88. The number of hydrogen-bond donors (Lipinski definition) is 2. The number of rotatable bonds is 5. The fraction of sp³-hybridized carbons (Fsp3) is 0.154. The van der Waals surface area contributed by atoms with Crippen molar-refractivity contribution in [3.8, 4) is 23.3 Å². The van der Waals surface area contributed by atoms with Gasteiger partial charge in [0.05, 0.1) is 5.52 Å². The van der Waals surface area contributed by atoms with Gasteiger partial charge in [-0.25, -0.2) is 9.97 Å². The molecule has 5 heteroatoms. The van der Waals surface area contributed by atoms with Gasteiger partial charge in [0, 0.05) is 16.6 Å². The molecule has 154 valence electrons. The van der Waals surface area contributed by atoms with Gasteiger partial charge in [-0.2, -0.15) is 0 Å². The summed E-state index contributed by atoms with van der Waals surface area (Å²) in [6, 6.07) is 23.1. The average molecular weight is 409 g/mol. The summed E-state index contributed by atoms with van der Waals surface area (Å²) < 4.78 is 5.84. The van der Waals surface area contributed by atoms with E-state index in [2.05, 4.69) is 27.1 Å². The zero-order valence-corrected chi connectivity index (χ0v) is 17.4. The van der Waals surface area contributed by atoms with Crippen molar-refractivity contribution >= 4 is 22.4 Å². The van der Waals surface area contributed by atoms with Crippen molar-refractivity contribution in [2.24, 2.45) is 5.92 Å². The van der Waals surface area contributed by atoms with E-state index >= 15 is 0 Å². The summed E-state index contributed by atoms with van der Waals surface area (Å²) in [6.45, 7) is 3.87. The molecule has 1 unspecified atom stereocenters. The lowest BCUT2D eigenvalue weighted by Gasteiger charge is -2.10. The molecule has 4 rings (SSSR count). The molecule has 2 N–H and O–H groups in total. The van der Waals surface area contributed by atoms with Crippen LogP contribution in [0.5, 0.6) is 11.5 Å². The van der Waals surface area contributed by atoms with Crippen molar-refractivity contribution in [2.45, 2.75) is 20.0 Å². The maximum atomic E-state index is 9.95. The molecule has 5 nitrogen and oxygen atoms in total. The van der Waals surface area contributed by atoms with E-state index in [9.17, 15) is 5.11 Å². The molecule has 0 fully saturated rings. The first kappa shape index (κ1) is 20.4. The second kappa shape index (κ2) is 9.29. The van der Waals surface area contributed by atoms with Gasteiger partial charge in [-0.15, -0.1) is 0 Å². The highest BCUT2D eigenvalue weighted by atomic mass is 16.5. The Balaban J connectivity index is 1.55. The molecular formula is C26H23N3O2. The second-order valence-corrected chi connectivity index (χ2v) is 7.48. The van der Waals surface area contributed by atoms with Gasteiger partial charge in [-0.05, 0) is 60.5 Å². The number of nitrogens with zero attached hydrogens (tertiary/aromatic N) is 2. The molecule has 0 spiro atoms. The Labute approximate surface area is 181 Å². The standard InChI is InChI=1S/C26H23N3O2/c1-18(2)25(30)15-9-19-8-14-24-23(16-19)26(28-17-27-24)29-20-10-12-22(13-11-20)31-21-6-4-3-5-7-21/h3-8,10-14,16-18,25,30H,1-2H3,(H,27,28,29). The number of aliphatic hydroxyl groups excluding tert-OH is 1. The Morgan fingerprint density at radius 1 is 0.903 bits per heavy atom. The third-order valence-electron chi connectivity index (χ3n) is 4.73. The lowest BCUT2D eigenvalue weighted by molar-refractivity contribution is 0.181. The molecule has 0 saturated heterocycles. The van der Waals surface area contributed by atoms with E-state index in [4.69, 9.17) is 4.74 Å². The van der Waals surface area contributed by atoms with E-state index in [1.54, 1.807) is 0 Å². The fourth-order valence-corrected chi connectivity index (χ4v) is 2.93. The van der Waals surface area contributed by atoms with Gasteiger partial charge in [0.25, 0.3) is 0 Å². The monoisotopic (exact) mass is 409 g/mol. The SMILES string of the molecule is CC(C)C(O)C#Cc1ccc2ncnc(Nc3ccc(Oc4ccccc4)cc3)c2c1. The normalized spacial score (nSPS) is 11.6. The third kappa shape index (κ3) is 5.19. The van der Waals surface area contributed by atoms with Crippen molar-refractivity contribution in [1.29, 1.82) is 0 Å². The van der Waals surface area contributed by atoms with Crippen molar-refractivity contribution in [3.05, 3.63) is 84.7 Å². The van der Waals surface area contributed by atoms with Gasteiger partial charge in [0.15, 0.2) is 0 Å². The molecule has 4 aromatic rings. The van der Waals surface area contributed by atoms with Crippen LogP contribution in [0.3, 0.4) is 0 Å². The summed E-state index contributed by atoms with van der Waals surface area (Å²) in [7, 11) is 0. The lowest BCUT2D eigenvalue weighted by Crippen LogP contribution is -2.11. The lowest BCUT2D eigenvalue weighted by atomic mass is 10.1. The quantitative estimate of drug-likeness (QED) is 0.424. The van der Waals surface area contributed by atoms with Crippen molar-refractivity contribution in [2.75, 3.05) is 5.32 Å². The van der Waals surface area contributed by atoms with Crippen molar-refractivity contribution in [3.63, 3.8) is 0 Å². The maximum Gasteiger partial charge on any atom is 0.141 e. The summed E-state index contributed by atoms with van der Waals surface area (Å²) in [6.07, 6.45) is 0.878. The number of anilines is 2. The summed E-state index contributed by atoms with van der Waals surface area (Å²) in [5.41, 5.74) is 2.50. The summed E-state index contributed by atoms with van der Waals surface area (Å²) in [4.78, 5) is 8.75. The van der Waals surface area contributed by atoms with Crippen molar-refractivity contribution < 1.29 is 9.84 Å². The summed E-state index contributed by atoms with van der Waals surface area (Å²) in [5, 5.41) is 14.1. The fourth-order valence-electron chi connectivity index (χ4n) is 2.93. The van der Waals surface area contributed by atoms with Crippen LogP contribution in [0, 0.1) is 17.8 Å². The topological polar surface area (TPSA) is 67.3 Å². The highest BCUT2D eigenvalue weighted by molar-refractivity contribution is 5.91. The molecule has 0 amide bonds. The summed E-state index contributed by atoms with van der Waals surface area (Å²) in [5.74, 6) is 8.25. The number of benzene rings is 3. The van der Waals surface area contributed by atoms with Gasteiger partial charge in [0.1, 0.15) is 29.7 Å². The van der Waals surface area contributed by atoms with Crippen molar-refractivity contribution in [1.82, 2.24) is 9.97 Å². The number of nitrogens with one attached hydrogen (secondary N) is 1. The van der Waals surface area contributed by atoms with Gasteiger partial charge < -0.3 is 15.2 Å². The Morgan fingerprint density at radius 2 is 1.65 bits per heavy atom. The van der Waals surface area contributed by atoms with E-state index in [0.29, 0.717) is 5.82 Å². The maximum absolute atomic E-state index is 9.95. The molecule has 1 atom stereocenters. The molecule has 0 saturated carbocycles. The van der Waals surface area contributed by atoms with E-state index < -0.39 is 6.10 Å². The Kier molecular flexibility index (Phi) is 6.11. The van der Waals surface area contributed by atoms with Crippen LogP contribution in [-0.2, 0) is 0 Å². The molecule has 0 aliphatic rings. The molecule has 0 aliphatic carbocycles. The summed E-state index contributed by atoms with van der Waals surface area (Å²) >= 11 is 0. The van der Waals surface area contributed by atoms with Gasteiger partial charge in [-0.1, -0.05) is 43.9 Å².